The van der Waals surface area contributed by atoms with Gasteiger partial charge >= 0.3 is 12.1 Å². The van der Waals surface area contributed by atoms with Gasteiger partial charge in [-0.15, -0.1) is 0 Å². The Kier molecular flexibility index (Phi) is 6.35. The molecule has 2 aromatic carbocycles. The minimum atomic E-state index is -4.44. The molecule has 0 aliphatic carbocycles. The van der Waals surface area contributed by atoms with Crippen LogP contribution in [0, 0.1) is 13.8 Å². The van der Waals surface area contributed by atoms with Gasteiger partial charge in [-0.1, -0.05) is 34.6 Å². The van der Waals surface area contributed by atoms with Crippen LogP contribution in [-0.4, -0.2) is 21.3 Å². The number of carbonyl (C=O) groups excluding carboxylic acids is 1. The maximum Gasteiger partial charge on any atom is 0.416 e. The number of carbonyl (C=O) groups is 1. The van der Waals surface area contributed by atoms with Crippen LogP contribution in [0.4, 0.5) is 13.2 Å². The van der Waals surface area contributed by atoms with E-state index in [4.69, 9.17) is 18.5 Å². The highest BCUT2D eigenvalue weighted by Crippen LogP contribution is 2.30. The lowest BCUT2D eigenvalue weighted by Crippen LogP contribution is -2.09. The molecule has 0 bridgehead atoms. The maximum atomic E-state index is 12.7. The molecule has 0 atom stereocenters. The Morgan fingerprint density at radius 3 is 2.38 bits per heavy atom. The van der Waals surface area contributed by atoms with Gasteiger partial charge in [0.1, 0.15) is 23.7 Å². The topological polar surface area (TPSA) is 100 Å². The van der Waals surface area contributed by atoms with Gasteiger partial charge in [-0.05, 0) is 38.1 Å². The number of nitrogens with zero attached hydrogens (tertiary/aromatic N) is 3. The molecule has 4 rings (SSSR count). The Morgan fingerprint density at radius 2 is 1.71 bits per heavy atom. The minimum absolute atomic E-state index is 0.0163. The second kappa shape index (κ2) is 9.38. The molecule has 0 saturated heterocycles. The Labute approximate surface area is 191 Å². The average Bonchev–Trinajstić information content (AvgIpc) is 3.42. The molecule has 0 aliphatic heterocycles. The van der Waals surface area contributed by atoms with Gasteiger partial charge < -0.3 is 18.5 Å². The smallest absolute Gasteiger partial charge is 0.416 e. The first kappa shape index (κ1) is 23.0. The summed E-state index contributed by atoms with van der Waals surface area (Å²) in [5, 5.41) is 7.59. The molecule has 2 aromatic heterocycles. The van der Waals surface area contributed by atoms with Crippen molar-refractivity contribution < 1.29 is 36.5 Å². The van der Waals surface area contributed by atoms with Crippen LogP contribution in [0.2, 0.25) is 0 Å². The fraction of sp³-hybridized carbons (Fsp3) is 0.217. The Balaban J connectivity index is 1.40. The van der Waals surface area contributed by atoms with E-state index in [0.29, 0.717) is 22.8 Å². The molecule has 0 saturated carbocycles. The molecule has 0 radical (unpaired) electrons. The third-order valence-corrected chi connectivity index (χ3v) is 4.93. The van der Waals surface area contributed by atoms with E-state index in [-0.39, 0.29) is 30.5 Å². The molecule has 11 heteroatoms. The summed E-state index contributed by atoms with van der Waals surface area (Å²) in [6, 6.07) is 10.9. The Morgan fingerprint density at radius 1 is 0.971 bits per heavy atom. The van der Waals surface area contributed by atoms with E-state index in [2.05, 4.69) is 15.3 Å². The van der Waals surface area contributed by atoms with Gasteiger partial charge in [-0.2, -0.15) is 18.2 Å². The largest absolute Gasteiger partial charge is 0.488 e. The normalized spacial score (nSPS) is 11.4. The zero-order valence-electron chi connectivity index (χ0n) is 18.0. The molecule has 0 aliphatic rings. The monoisotopic (exact) mass is 473 g/mol. The molecule has 4 aromatic rings. The second-order valence-electron chi connectivity index (χ2n) is 7.25. The van der Waals surface area contributed by atoms with Crippen molar-refractivity contribution in [3.8, 4) is 17.1 Å². The number of benzene rings is 2. The van der Waals surface area contributed by atoms with Gasteiger partial charge in [0, 0.05) is 5.56 Å². The van der Waals surface area contributed by atoms with Crippen molar-refractivity contribution in [3.05, 3.63) is 82.6 Å². The number of aryl methyl sites for hydroxylation is 2. The summed E-state index contributed by atoms with van der Waals surface area (Å²) < 4.78 is 59.3. The number of rotatable bonds is 7. The molecule has 0 unspecified atom stereocenters. The maximum absolute atomic E-state index is 12.7. The third-order valence-electron chi connectivity index (χ3n) is 4.93. The first-order valence-electron chi connectivity index (χ1n) is 10.0. The predicted octanol–water partition coefficient (Wildman–Crippen LogP) is 5.30. The number of esters is 1. The summed E-state index contributed by atoms with van der Waals surface area (Å²) in [5.74, 6) is 0.310. The van der Waals surface area contributed by atoms with E-state index in [0.717, 1.165) is 17.7 Å². The van der Waals surface area contributed by atoms with Crippen molar-refractivity contribution in [3.63, 3.8) is 0 Å². The molecule has 0 spiro atoms. The quantitative estimate of drug-likeness (QED) is 0.334. The number of hydrogen-bond acceptors (Lipinski definition) is 8. The number of hydrogen-bond donors (Lipinski definition) is 0. The fourth-order valence-corrected chi connectivity index (χ4v) is 3.06. The molecule has 8 nitrogen and oxygen atoms in total. The van der Waals surface area contributed by atoms with Crippen molar-refractivity contribution in [2.45, 2.75) is 33.2 Å². The molecular weight excluding hydrogens is 455 g/mol. The van der Waals surface area contributed by atoms with Crippen LogP contribution in [-0.2, 0) is 24.1 Å². The van der Waals surface area contributed by atoms with Crippen LogP contribution in [0.25, 0.3) is 11.4 Å². The molecule has 2 heterocycles. The van der Waals surface area contributed by atoms with Crippen LogP contribution in [0.3, 0.4) is 0 Å². The van der Waals surface area contributed by atoms with E-state index < -0.39 is 17.7 Å². The highest BCUT2D eigenvalue weighted by atomic mass is 19.4. The van der Waals surface area contributed by atoms with Crippen LogP contribution < -0.4 is 4.74 Å². The van der Waals surface area contributed by atoms with E-state index in [1.54, 1.807) is 38.1 Å². The summed E-state index contributed by atoms with van der Waals surface area (Å²) >= 11 is 0. The van der Waals surface area contributed by atoms with Crippen molar-refractivity contribution in [2.24, 2.45) is 0 Å². The summed E-state index contributed by atoms with van der Waals surface area (Å²) in [6.45, 7) is 3.39. The number of ether oxygens (including phenoxy) is 2. The van der Waals surface area contributed by atoms with E-state index >= 15 is 0 Å². The number of alkyl halides is 3. The lowest BCUT2D eigenvalue weighted by atomic mass is 10.1. The van der Waals surface area contributed by atoms with Gasteiger partial charge in [-0.3, -0.25) is 0 Å². The summed E-state index contributed by atoms with van der Waals surface area (Å²) in [7, 11) is 0. The average molecular weight is 473 g/mol. The zero-order chi connectivity index (χ0) is 24.3. The standard InChI is InChI=1S/C23H18F3N3O5/c1-13-18(14(2)33-28-13)11-31-19-6-4-3-5-17(19)22(30)32-12-20-27-21(29-34-20)15-7-9-16(10-8-15)23(24,25)26/h3-10H,11-12H2,1-2H3. The lowest BCUT2D eigenvalue weighted by molar-refractivity contribution is -0.137. The number of halogens is 3. The van der Waals surface area contributed by atoms with E-state index in [1.165, 1.54) is 12.1 Å². The molecule has 176 valence electrons. The van der Waals surface area contributed by atoms with Crippen LogP contribution in [0.5, 0.6) is 5.75 Å². The highest BCUT2D eigenvalue weighted by molar-refractivity contribution is 5.92. The van der Waals surface area contributed by atoms with Gasteiger partial charge in [-0.25, -0.2) is 4.79 Å². The lowest BCUT2D eigenvalue weighted by Gasteiger charge is -2.10. The number of para-hydroxylation sites is 1. The van der Waals surface area contributed by atoms with Crippen LogP contribution in [0.1, 0.15) is 38.8 Å². The SMILES string of the molecule is Cc1noc(C)c1COc1ccccc1C(=O)OCc1nc(-c2ccc(C(F)(F)F)cc2)no1. The molecule has 34 heavy (non-hydrogen) atoms. The van der Waals surface area contributed by atoms with Crippen molar-refractivity contribution >= 4 is 5.97 Å². The Hall–Kier alpha value is -4.15. The van der Waals surface area contributed by atoms with Gasteiger partial charge in [0.2, 0.25) is 5.82 Å². The summed E-state index contributed by atoms with van der Waals surface area (Å²) in [5.41, 5.74) is 1.20. The second-order valence-corrected chi connectivity index (χ2v) is 7.25. The predicted molar refractivity (Wildman–Crippen MR) is 111 cm³/mol. The van der Waals surface area contributed by atoms with Gasteiger partial charge in [0.25, 0.3) is 5.89 Å². The van der Waals surface area contributed by atoms with Crippen LogP contribution in [0.15, 0.2) is 57.6 Å². The zero-order valence-corrected chi connectivity index (χ0v) is 18.0. The van der Waals surface area contributed by atoms with Gasteiger partial charge in [0.15, 0.2) is 6.61 Å². The molecule has 0 amide bonds. The number of aromatic nitrogens is 3. The van der Waals surface area contributed by atoms with E-state index in [1.807, 2.05) is 0 Å². The summed E-state index contributed by atoms with van der Waals surface area (Å²) in [6.07, 6.45) is -4.44. The first-order valence-corrected chi connectivity index (χ1v) is 10.0. The highest BCUT2D eigenvalue weighted by Gasteiger charge is 2.30. The van der Waals surface area contributed by atoms with E-state index in [9.17, 15) is 18.0 Å². The first-order chi connectivity index (χ1) is 16.2. The minimum Gasteiger partial charge on any atom is -0.488 e. The molecule has 0 N–H and O–H groups in total. The van der Waals surface area contributed by atoms with Gasteiger partial charge in [0.05, 0.1) is 16.8 Å². The molecular formula is C23H18F3N3O5. The third kappa shape index (κ3) is 5.08. The van der Waals surface area contributed by atoms with Crippen molar-refractivity contribution in [2.75, 3.05) is 0 Å². The Bertz CT molecular complexity index is 1280. The molecule has 0 fully saturated rings. The van der Waals surface area contributed by atoms with Crippen molar-refractivity contribution in [1.29, 1.82) is 0 Å². The van der Waals surface area contributed by atoms with Crippen LogP contribution >= 0.6 is 0 Å². The fourth-order valence-electron chi connectivity index (χ4n) is 3.06. The van der Waals surface area contributed by atoms with Crippen molar-refractivity contribution in [1.82, 2.24) is 15.3 Å². The summed E-state index contributed by atoms with van der Waals surface area (Å²) in [4.78, 5) is 16.7.